The largest absolute Gasteiger partial charge is 0.494 e. The van der Waals surface area contributed by atoms with Crippen LogP contribution in [0.15, 0.2) is 18.3 Å². The number of pyridine rings is 1. The number of halogens is 1. The van der Waals surface area contributed by atoms with Crippen molar-refractivity contribution in [3.8, 4) is 11.5 Å². The molecular weight excluding hydrogens is 228 g/mol. The van der Waals surface area contributed by atoms with Crippen molar-refractivity contribution in [3.05, 3.63) is 23.4 Å². The number of methoxy groups -OCH3 is 2. The van der Waals surface area contributed by atoms with E-state index in [1.807, 2.05) is 0 Å². The number of rotatable bonds is 2. The topological polar surface area (TPSA) is 57.4 Å². The summed E-state index contributed by atoms with van der Waals surface area (Å²) in [5.41, 5.74) is 6.92. The van der Waals surface area contributed by atoms with E-state index in [0.29, 0.717) is 27.7 Å². The van der Waals surface area contributed by atoms with Gasteiger partial charge < -0.3 is 15.2 Å². The minimum Gasteiger partial charge on any atom is -0.494 e. The molecule has 2 rings (SSSR count). The van der Waals surface area contributed by atoms with Gasteiger partial charge in [-0.3, -0.25) is 4.98 Å². The Morgan fingerprint density at radius 2 is 2.00 bits per heavy atom. The Labute approximate surface area is 97.9 Å². The van der Waals surface area contributed by atoms with Crippen LogP contribution in [0.1, 0.15) is 0 Å². The zero-order valence-electron chi connectivity index (χ0n) is 8.95. The molecule has 0 amide bonds. The summed E-state index contributed by atoms with van der Waals surface area (Å²) in [5, 5.41) is 1.21. The number of nitrogens with zero attached hydrogens (tertiary/aromatic N) is 1. The molecule has 0 saturated heterocycles. The molecule has 0 atom stereocenters. The first-order chi connectivity index (χ1) is 7.67. The van der Waals surface area contributed by atoms with Gasteiger partial charge in [-0.2, -0.15) is 0 Å². The molecule has 0 unspecified atom stereocenters. The van der Waals surface area contributed by atoms with E-state index in [2.05, 4.69) is 4.98 Å². The van der Waals surface area contributed by atoms with Gasteiger partial charge in [0.15, 0.2) is 0 Å². The summed E-state index contributed by atoms with van der Waals surface area (Å²) in [6.45, 7) is 0. The molecule has 84 valence electrons. The van der Waals surface area contributed by atoms with Crippen molar-refractivity contribution in [3.63, 3.8) is 0 Å². The smallest absolute Gasteiger partial charge is 0.147 e. The van der Waals surface area contributed by atoms with Gasteiger partial charge >= 0.3 is 0 Å². The van der Waals surface area contributed by atoms with E-state index in [0.717, 1.165) is 5.39 Å². The molecule has 4 nitrogen and oxygen atoms in total. The van der Waals surface area contributed by atoms with Crippen LogP contribution >= 0.6 is 11.6 Å². The fraction of sp³-hybridized carbons (Fsp3) is 0.182. The number of hydrogen-bond donors (Lipinski definition) is 1. The van der Waals surface area contributed by atoms with Crippen LogP contribution in [0.4, 0.5) is 5.69 Å². The lowest BCUT2D eigenvalue weighted by Gasteiger charge is -2.11. The SMILES string of the molecule is COc1c(Cl)cc(OC)c2ncc(N)cc12. The molecule has 0 bridgehead atoms. The highest BCUT2D eigenvalue weighted by Crippen LogP contribution is 2.38. The Kier molecular flexibility index (Phi) is 2.75. The third-order valence-corrected chi connectivity index (χ3v) is 2.57. The predicted octanol–water partition coefficient (Wildman–Crippen LogP) is 2.49. The summed E-state index contributed by atoms with van der Waals surface area (Å²) in [7, 11) is 3.12. The van der Waals surface area contributed by atoms with Crippen LogP contribution in [0.2, 0.25) is 5.02 Å². The van der Waals surface area contributed by atoms with Gasteiger partial charge in [0.2, 0.25) is 0 Å². The van der Waals surface area contributed by atoms with E-state index in [9.17, 15) is 0 Å². The normalized spacial score (nSPS) is 10.4. The summed E-state index contributed by atoms with van der Waals surface area (Å²) >= 11 is 6.07. The highest BCUT2D eigenvalue weighted by atomic mass is 35.5. The fourth-order valence-electron chi connectivity index (χ4n) is 1.59. The average molecular weight is 239 g/mol. The number of nitrogen functional groups attached to an aromatic ring is 1. The van der Waals surface area contributed by atoms with Crippen molar-refractivity contribution in [2.75, 3.05) is 20.0 Å². The van der Waals surface area contributed by atoms with Crippen molar-refractivity contribution < 1.29 is 9.47 Å². The van der Waals surface area contributed by atoms with Crippen molar-refractivity contribution in [1.82, 2.24) is 4.98 Å². The third-order valence-electron chi connectivity index (χ3n) is 2.29. The maximum absolute atomic E-state index is 6.07. The molecule has 0 radical (unpaired) electrons. The second kappa shape index (κ2) is 4.06. The van der Waals surface area contributed by atoms with Crippen LogP contribution in [0.5, 0.6) is 11.5 Å². The first-order valence-electron chi connectivity index (χ1n) is 4.63. The first-order valence-corrected chi connectivity index (χ1v) is 5.01. The summed E-state index contributed by atoms with van der Waals surface area (Å²) in [5.74, 6) is 1.15. The summed E-state index contributed by atoms with van der Waals surface area (Å²) in [6.07, 6.45) is 1.57. The third kappa shape index (κ3) is 1.61. The van der Waals surface area contributed by atoms with E-state index in [-0.39, 0.29) is 0 Å². The van der Waals surface area contributed by atoms with Gasteiger partial charge in [-0.05, 0) is 6.07 Å². The van der Waals surface area contributed by atoms with E-state index < -0.39 is 0 Å². The number of anilines is 1. The Bertz CT molecular complexity index is 543. The van der Waals surface area contributed by atoms with Crippen molar-refractivity contribution >= 4 is 28.2 Å². The number of aromatic nitrogens is 1. The molecule has 0 spiro atoms. The van der Waals surface area contributed by atoms with Gasteiger partial charge in [0.25, 0.3) is 0 Å². The standard InChI is InChI=1S/C11H11ClN2O2/c1-15-9-4-8(12)11(16-2)7-3-6(13)5-14-10(7)9/h3-5H,13H2,1-2H3. The lowest BCUT2D eigenvalue weighted by atomic mass is 10.1. The molecule has 2 aromatic rings. The predicted molar refractivity (Wildman–Crippen MR) is 64.3 cm³/mol. The van der Waals surface area contributed by atoms with E-state index in [1.54, 1.807) is 32.5 Å². The Balaban J connectivity index is 2.88. The minimum atomic E-state index is 0.472. The van der Waals surface area contributed by atoms with Crippen molar-refractivity contribution in [2.24, 2.45) is 0 Å². The Morgan fingerprint density at radius 1 is 1.25 bits per heavy atom. The quantitative estimate of drug-likeness (QED) is 0.873. The van der Waals surface area contributed by atoms with Gasteiger partial charge in [-0.25, -0.2) is 0 Å². The zero-order chi connectivity index (χ0) is 11.7. The maximum atomic E-state index is 6.07. The van der Waals surface area contributed by atoms with Crippen LogP contribution in [0.3, 0.4) is 0 Å². The first kappa shape index (κ1) is 10.8. The van der Waals surface area contributed by atoms with Gasteiger partial charge in [0, 0.05) is 11.5 Å². The Hall–Kier alpha value is -1.68. The second-order valence-electron chi connectivity index (χ2n) is 3.26. The molecule has 1 aromatic heterocycles. The summed E-state index contributed by atoms with van der Waals surface area (Å²) in [4.78, 5) is 4.21. The van der Waals surface area contributed by atoms with Crippen LogP contribution in [-0.2, 0) is 0 Å². The summed E-state index contributed by atoms with van der Waals surface area (Å²) < 4.78 is 10.4. The van der Waals surface area contributed by atoms with Crippen LogP contribution in [0, 0.1) is 0 Å². The zero-order valence-corrected chi connectivity index (χ0v) is 9.71. The molecular formula is C11H11ClN2O2. The number of fused-ring (bicyclic) bond motifs is 1. The van der Waals surface area contributed by atoms with Crippen LogP contribution in [0.25, 0.3) is 10.9 Å². The molecule has 0 aliphatic carbocycles. The van der Waals surface area contributed by atoms with Crippen molar-refractivity contribution in [2.45, 2.75) is 0 Å². The van der Waals surface area contributed by atoms with Gasteiger partial charge in [-0.1, -0.05) is 11.6 Å². The number of nitrogens with two attached hydrogens (primary N) is 1. The molecule has 0 aliphatic rings. The van der Waals surface area contributed by atoms with Crippen LogP contribution < -0.4 is 15.2 Å². The highest BCUT2D eigenvalue weighted by Gasteiger charge is 2.13. The average Bonchev–Trinajstić information content (AvgIpc) is 2.27. The fourth-order valence-corrected chi connectivity index (χ4v) is 1.87. The Morgan fingerprint density at radius 3 is 2.62 bits per heavy atom. The van der Waals surface area contributed by atoms with E-state index in [4.69, 9.17) is 26.8 Å². The molecule has 2 N–H and O–H groups in total. The van der Waals surface area contributed by atoms with E-state index >= 15 is 0 Å². The molecule has 5 heteroatoms. The highest BCUT2D eigenvalue weighted by molar-refractivity contribution is 6.33. The van der Waals surface area contributed by atoms with Gasteiger partial charge in [0.1, 0.15) is 17.0 Å². The van der Waals surface area contributed by atoms with Gasteiger partial charge in [0.05, 0.1) is 31.1 Å². The van der Waals surface area contributed by atoms with Gasteiger partial charge in [-0.15, -0.1) is 0 Å². The molecule has 16 heavy (non-hydrogen) atoms. The maximum Gasteiger partial charge on any atom is 0.147 e. The monoisotopic (exact) mass is 238 g/mol. The molecule has 0 fully saturated rings. The molecule has 0 aliphatic heterocycles. The van der Waals surface area contributed by atoms with Crippen molar-refractivity contribution in [1.29, 1.82) is 0 Å². The summed E-state index contributed by atoms with van der Waals surface area (Å²) in [6, 6.07) is 3.43. The second-order valence-corrected chi connectivity index (χ2v) is 3.67. The van der Waals surface area contributed by atoms with E-state index in [1.165, 1.54) is 0 Å². The molecule has 1 aromatic carbocycles. The lowest BCUT2D eigenvalue weighted by Crippen LogP contribution is -1.94. The minimum absolute atomic E-state index is 0.472. The van der Waals surface area contributed by atoms with Crippen LogP contribution in [-0.4, -0.2) is 19.2 Å². The number of benzene rings is 1. The molecule has 1 heterocycles. The lowest BCUT2D eigenvalue weighted by molar-refractivity contribution is 0.410. The number of hydrogen-bond acceptors (Lipinski definition) is 4. The number of ether oxygens (including phenoxy) is 2. The molecule has 0 saturated carbocycles.